The Balaban J connectivity index is 2.41. The summed E-state index contributed by atoms with van der Waals surface area (Å²) >= 11 is 0. The Hall–Kier alpha value is -2.01. The van der Waals surface area contributed by atoms with E-state index in [1.54, 1.807) is 6.92 Å². The van der Waals surface area contributed by atoms with Gasteiger partial charge in [0.25, 0.3) is 0 Å². The van der Waals surface area contributed by atoms with Crippen LogP contribution >= 0.6 is 0 Å². The summed E-state index contributed by atoms with van der Waals surface area (Å²) in [7, 11) is 1.29. The lowest BCUT2D eigenvalue weighted by Crippen LogP contribution is -2.39. The van der Waals surface area contributed by atoms with Crippen LogP contribution in [0.5, 0.6) is 0 Å². The number of carbonyl (C=O) groups is 1. The molecule has 1 N–H and O–H groups in total. The van der Waals surface area contributed by atoms with Crippen molar-refractivity contribution in [3.05, 3.63) is 23.9 Å². The van der Waals surface area contributed by atoms with Crippen molar-refractivity contribution in [3.8, 4) is 0 Å². The Labute approximate surface area is 133 Å². The van der Waals surface area contributed by atoms with Gasteiger partial charge >= 0.3 is 18.1 Å². The predicted molar refractivity (Wildman–Crippen MR) is 71.2 cm³/mol. The number of hydrogen-bond donors (Lipinski definition) is 1. The van der Waals surface area contributed by atoms with Gasteiger partial charge in [-0.05, 0) is 19.1 Å². The van der Waals surface area contributed by atoms with Crippen LogP contribution in [0.15, 0.2) is 18.3 Å². The van der Waals surface area contributed by atoms with Gasteiger partial charge in [-0.1, -0.05) is 0 Å². The van der Waals surface area contributed by atoms with E-state index < -0.39 is 42.0 Å². The molecule has 134 valence electrons. The number of aromatic nitrogens is 1. The summed E-state index contributed by atoms with van der Waals surface area (Å²) in [5, 5.41) is 10.1. The number of carbonyl (C=O) groups excluding carboxylic acids is 1. The van der Waals surface area contributed by atoms with E-state index in [2.05, 4.69) is 4.98 Å². The molecule has 2 rings (SSSR count). The monoisotopic (exact) mass is 355 g/mol. The summed E-state index contributed by atoms with van der Waals surface area (Å²) in [6.45, 7) is 1.75. The van der Waals surface area contributed by atoms with Gasteiger partial charge in [0.1, 0.15) is 5.82 Å². The zero-order chi connectivity index (χ0) is 18.3. The van der Waals surface area contributed by atoms with Gasteiger partial charge in [-0.15, -0.1) is 0 Å². The van der Waals surface area contributed by atoms with Gasteiger partial charge in [-0.3, -0.25) is 4.90 Å². The highest BCUT2D eigenvalue weighted by Crippen LogP contribution is 2.44. The number of aliphatic hydroxyl groups excluding tert-OH is 1. The molecule has 6 nitrogen and oxygen atoms in total. The number of likely N-dealkylation sites (N-methyl/N-ethyl adjacent to an activating group) is 1. The molecule has 2 unspecified atom stereocenters. The van der Waals surface area contributed by atoms with E-state index in [0.29, 0.717) is 23.2 Å². The van der Waals surface area contributed by atoms with Crippen LogP contribution in [0.2, 0.25) is 0 Å². The molecule has 0 spiro atoms. The fourth-order valence-electron chi connectivity index (χ4n) is 2.23. The predicted octanol–water partition coefficient (Wildman–Crippen LogP) is 2.29. The first-order valence-electron chi connectivity index (χ1n) is 6.79. The maximum Gasteiger partial charge on any atom is 0.458 e. The number of halogens is 5. The summed E-state index contributed by atoms with van der Waals surface area (Å²) in [4.78, 5) is 17.3. The molecule has 1 aliphatic heterocycles. The molecular formula is C13H14F5N3O3. The Kier molecular flexibility index (Phi) is 4.68. The molecule has 1 saturated heterocycles. The minimum Gasteiger partial charge on any atom is -0.369 e. The average molecular weight is 355 g/mol. The van der Waals surface area contributed by atoms with Gasteiger partial charge in [0, 0.05) is 25.4 Å². The molecule has 0 radical (unpaired) electrons. The molecule has 1 aromatic heterocycles. The van der Waals surface area contributed by atoms with Gasteiger partial charge in [0.15, 0.2) is 12.5 Å². The largest absolute Gasteiger partial charge is 0.458 e. The maximum absolute atomic E-state index is 13.4. The number of alkyl halides is 5. The quantitative estimate of drug-likeness (QED) is 0.842. The fraction of sp³-hybridized carbons (Fsp3) is 0.538. The van der Waals surface area contributed by atoms with Crippen molar-refractivity contribution in [1.29, 1.82) is 0 Å². The highest BCUT2D eigenvalue weighted by molar-refractivity contribution is 5.93. The van der Waals surface area contributed by atoms with Crippen molar-refractivity contribution in [2.75, 3.05) is 18.6 Å². The second kappa shape index (κ2) is 6.13. The summed E-state index contributed by atoms with van der Waals surface area (Å²) < 4.78 is 69.5. The average Bonchev–Trinajstić information content (AvgIpc) is 2.70. The minimum atomic E-state index is -5.80. The van der Waals surface area contributed by atoms with Gasteiger partial charge in [0.2, 0.25) is 0 Å². The standard InChI is InChI=1S/C13H14F5N3O3/c1-3-24-10-9(22)21(11(23)20(10)2)8-6-7(4-5-19-8)12(14,15)13(16,17)18/h4-6,9-10,22H,3H2,1-2H3. The first-order valence-corrected chi connectivity index (χ1v) is 6.79. The third-order valence-corrected chi connectivity index (χ3v) is 3.46. The molecule has 0 saturated carbocycles. The van der Waals surface area contributed by atoms with Crippen LogP contribution in [0, 0.1) is 0 Å². The third-order valence-electron chi connectivity index (χ3n) is 3.46. The number of rotatable bonds is 4. The second-order valence-electron chi connectivity index (χ2n) is 5.00. The van der Waals surface area contributed by atoms with Crippen LogP contribution in [0.25, 0.3) is 0 Å². The van der Waals surface area contributed by atoms with E-state index in [1.807, 2.05) is 0 Å². The van der Waals surface area contributed by atoms with Crippen molar-refractivity contribution < 1.29 is 36.6 Å². The normalized spacial score (nSPS) is 22.4. The number of pyridine rings is 1. The molecular weight excluding hydrogens is 341 g/mol. The summed E-state index contributed by atoms with van der Waals surface area (Å²) in [6, 6.07) is 0.0608. The van der Waals surface area contributed by atoms with Gasteiger partial charge in [-0.2, -0.15) is 22.0 Å². The van der Waals surface area contributed by atoms with E-state index >= 15 is 0 Å². The van der Waals surface area contributed by atoms with Gasteiger partial charge < -0.3 is 9.84 Å². The zero-order valence-electron chi connectivity index (χ0n) is 12.6. The van der Waals surface area contributed by atoms with E-state index in [-0.39, 0.29) is 6.61 Å². The van der Waals surface area contributed by atoms with Crippen LogP contribution in [0.3, 0.4) is 0 Å². The summed E-state index contributed by atoms with van der Waals surface area (Å²) in [6.07, 6.45) is -7.80. The Morgan fingerprint density at radius 2 is 1.96 bits per heavy atom. The number of hydrogen-bond acceptors (Lipinski definition) is 4. The SMILES string of the molecule is CCOC1C(O)N(c2cc(C(F)(F)C(F)(F)F)ccn2)C(=O)N1C. The van der Waals surface area contributed by atoms with Crippen molar-refractivity contribution in [2.45, 2.75) is 31.5 Å². The first kappa shape index (κ1) is 18.3. The number of amides is 2. The van der Waals surface area contributed by atoms with Crippen LogP contribution < -0.4 is 4.90 Å². The van der Waals surface area contributed by atoms with Crippen molar-refractivity contribution in [3.63, 3.8) is 0 Å². The second-order valence-corrected chi connectivity index (χ2v) is 5.00. The van der Waals surface area contributed by atoms with Crippen LogP contribution in [-0.4, -0.2) is 53.3 Å². The summed E-state index contributed by atoms with van der Waals surface area (Å²) in [5.74, 6) is -5.66. The minimum absolute atomic E-state index is 0.146. The molecule has 0 aliphatic carbocycles. The van der Waals surface area contributed by atoms with Crippen molar-refractivity contribution >= 4 is 11.8 Å². The topological polar surface area (TPSA) is 65.9 Å². The smallest absolute Gasteiger partial charge is 0.369 e. The fourth-order valence-corrected chi connectivity index (χ4v) is 2.23. The molecule has 1 aromatic rings. The van der Waals surface area contributed by atoms with E-state index in [4.69, 9.17) is 4.74 Å². The lowest BCUT2D eigenvalue weighted by molar-refractivity contribution is -0.289. The number of nitrogens with zero attached hydrogens (tertiary/aromatic N) is 3. The lowest BCUT2D eigenvalue weighted by Gasteiger charge is -2.23. The van der Waals surface area contributed by atoms with Crippen LogP contribution in [-0.2, 0) is 10.7 Å². The Morgan fingerprint density at radius 1 is 1.33 bits per heavy atom. The van der Waals surface area contributed by atoms with Crippen molar-refractivity contribution in [2.24, 2.45) is 0 Å². The van der Waals surface area contributed by atoms with Gasteiger partial charge in [-0.25, -0.2) is 14.7 Å². The molecule has 1 aliphatic rings. The highest BCUT2D eigenvalue weighted by Gasteiger charge is 2.59. The third kappa shape index (κ3) is 2.88. The Morgan fingerprint density at radius 3 is 2.50 bits per heavy atom. The molecule has 0 aromatic carbocycles. The molecule has 0 bridgehead atoms. The first-order chi connectivity index (χ1) is 11.0. The van der Waals surface area contributed by atoms with Crippen LogP contribution in [0.4, 0.5) is 32.6 Å². The number of ether oxygens (including phenoxy) is 1. The molecule has 2 amide bonds. The lowest BCUT2D eigenvalue weighted by atomic mass is 10.1. The molecule has 2 heterocycles. The number of anilines is 1. The van der Waals surface area contributed by atoms with Crippen LogP contribution in [0.1, 0.15) is 12.5 Å². The molecule has 1 fully saturated rings. The van der Waals surface area contributed by atoms with E-state index in [9.17, 15) is 31.9 Å². The molecule has 24 heavy (non-hydrogen) atoms. The summed E-state index contributed by atoms with van der Waals surface area (Å²) in [5.41, 5.74) is -1.39. The maximum atomic E-state index is 13.4. The molecule has 11 heteroatoms. The van der Waals surface area contributed by atoms with E-state index in [0.717, 1.165) is 4.90 Å². The van der Waals surface area contributed by atoms with Crippen molar-refractivity contribution in [1.82, 2.24) is 9.88 Å². The van der Waals surface area contributed by atoms with Gasteiger partial charge in [0.05, 0.1) is 0 Å². The Bertz CT molecular complexity index is 625. The van der Waals surface area contributed by atoms with E-state index in [1.165, 1.54) is 7.05 Å². The zero-order valence-corrected chi connectivity index (χ0v) is 12.6. The number of aliphatic hydroxyl groups is 1. The highest BCUT2D eigenvalue weighted by atomic mass is 19.4. The molecule has 2 atom stereocenters. The number of urea groups is 1.